The van der Waals surface area contributed by atoms with Gasteiger partial charge in [-0.05, 0) is 66.4 Å². The van der Waals surface area contributed by atoms with Gasteiger partial charge in [0, 0.05) is 12.5 Å². The van der Waals surface area contributed by atoms with Gasteiger partial charge in [-0.25, -0.2) is 0 Å². The lowest BCUT2D eigenvalue weighted by Gasteiger charge is -2.14. The van der Waals surface area contributed by atoms with Gasteiger partial charge >= 0.3 is 10.1 Å². The number of aromatic hydroxyl groups is 1. The Balaban J connectivity index is 1.79. The lowest BCUT2D eigenvalue weighted by atomic mass is 10.1. The van der Waals surface area contributed by atoms with E-state index in [4.69, 9.17) is 13.7 Å². The molecule has 3 aromatic rings. The second kappa shape index (κ2) is 9.75. The predicted octanol–water partition coefficient (Wildman–Crippen LogP) is 4.66. The molecule has 0 aliphatic carbocycles. The van der Waals surface area contributed by atoms with E-state index in [1.807, 2.05) is 19.1 Å². The van der Waals surface area contributed by atoms with E-state index in [2.05, 4.69) is 0 Å². The average molecular weight is 443 g/mol. The van der Waals surface area contributed by atoms with Crippen LogP contribution in [0.2, 0.25) is 0 Å². The number of phenolic OH excluding ortho intramolecular Hbond substituents is 1. The standard InChI is InChI=1S/C24H26O6S/c1-4-18-14-21(29-11-10-19-6-5-7-20(25)13-19)16-22(15-18)30-31(26,27)24-12-17(2)8-9-23(24)28-3/h5-9,12-16,25H,4,10-11H2,1-3H3. The van der Waals surface area contributed by atoms with Crippen molar-refractivity contribution < 1.29 is 27.2 Å². The van der Waals surface area contributed by atoms with Crippen molar-refractivity contribution in [1.29, 1.82) is 0 Å². The fourth-order valence-corrected chi connectivity index (χ4v) is 4.28. The monoisotopic (exact) mass is 442 g/mol. The highest BCUT2D eigenvalue weighted by molar-refractivity contribution is 7.87. The minimum atomic E-state index is -4.10. The lowest BCUT2D eigenvalue weighted by molar-refractivity contribution is 0.320. The van der Waals surface area contributed by atoms with Gasteiger partial charge in [0.25, 0.3) is 0 Å². The zero-order valence-electron chi connectivity index (χ0n) is 17.8. The van der Waals surface area contributed by atoms with Crippen molar-refractivity contribution in [3.63, 3.8) is 0 Å². The number of rotatable bonds is 9. The first-order valence-electron chi connectivity index (χ1n) is 9.94. The van der Waals surface area contributed by atoms with Gasteiger partial charge in [-0.2, -0.15) is 8.42 Å². The summed E-state index contributed by atoms with van der Waals surface area (Å²) in [7, 11) is -2.68. The number of methoxy groups -OCH3 is 1. The second-order valence-corrected chi connectivity index (χ2v) is 8.64. The fraction of sp³-hybridized carbons (Fsp3) is 0.250. The summed E-state index contributed by atoms with van der Waals surface area (Å²) in [5.74, 6) is 1.12. The van der Waals surface area contributed by atoms with Gasteiger partial charge in [0.15, 0.2) is 0 Å². The Hall–Kier alpha value is -3.19. The van der Waals surface area contributed by atoms with E-state index < -0.39 is 10.1 Å². The molecule has 164 valence electrons. The Morgan fingerprint density at radius 2 is 1.71 bits per heavy atom. The van der Waals surface area contributed by atoms with Crippen molar-refractivity contribution in [3.8, 4) is 23.0 Å². The quantitative estimate of drug-likeness (QED) is 0.486. The van der Waals surface area contributed by atoms with Crippen LogP contribution >= 0.6 is 0 Å². The molecule has 0 saturated carbocycles. The zero-order valence-corrected chi connectivity index (χ0v) is 18.6. The van der Waals surface area contributed by atoms with Gasteiger partial charge in [-0.15, -0.1) is 0 Å². The smallest absolute Gasteiger partial charge is 0.342 e. The zero-order chi connectivity index (χ0) is 22.4. The van der Waals surface area contributed by atoms with E-state index in [0.717, 1.165) is 16.7 Å². The van der Waals surface area contributed by atoms with Crippen LogP contribution in [0.3, 0.4) is 0 Å². The number of benzene rings is 3. The van der Waals surface area contributed by atoms with Crippen LogP contribution in [0.15, 0.2) is 65.6 Å². The summed E-state index contributed by atoms with van der Waals surface area (Å²) >= 11 is 0. The first-order chi connectivity index (χ1) is 14.8. The Morgan fingerprint density at radius 1 is 0.935 bits per heavy atom. The first kappa shape index (κ1) is 22.5. The van der Waals surface area contributed by atoms with Crippen LogP contribution in [0.25, 0.3) is 0 Å². The molecule has 3 rings (SSSR count). The maximum atomic E-state index is 12.9. The van der Waals surface area contributed by atoms with Gasteiger partial charge in [0.1, 0.15) is 27.9 Å². The van der Waals surface area contributed by atoms with E-state index in [0.29, 0.717) is 25.2 Å². The maximum Gasteiger partial charge on any atom is 0.342 e. The van der Waals surface area contributed by atoms with Crippen molar-refractivity contribution in [2.75, 3.05) is 13.7 Å². The Labute approximate surface area is 183 Å². The molecule has 0 amide bonds. The van der Waals surface area contributed by atoms with Gasteiger partial charge < -0.3 is 18.8 Å². The third-order valence-electron chi connectivity index (χ3n) is 4.71. The molecule has 0 spiro atoms. The molecule has 0 aliphatic rings. The Bertz CT molecular complexity index is 1150. The summed E-state index contributed by atoms with van der Waals surface area (Å²) in [5, 5.41) is 9.57. The van der Waals surface area contributed by atoms with Gasteiger partial charge in [0.05, 0.1) is 13.7 Å². The molecular formula is C24H26O6S. The number of aryl methyl sites for hydroxylation is 2. The second-order valence-electron chi connectivity index (χ2n) is 7.13. The summed E-state index contributed by atoms with van der Waals surface area (Å²) in [5.41, 5.74) is 2.61. The molecule has 31 heavy (non-hydrogen) atoms. The highest BCUT2D eigenvalue weighted by atomic mass is 32.2. The summed E-state index contributed by atoms with van der Waals surface area (Å²) in [6, 6.07) is 17.0. The maximum absolute atomic E-state index is 12.9. The average Bonchev–Trinajstić information content (AvgIpc) is 2.73. The van der Waals surface area contributed by atoms with E-state index in [9.17, 15) is 13.5 Å². The molecule has 7 heteroatoms. The molecule has 0 atom stereocenters. The highest BCUT2D eigenvalue weighted by Gasteiger charge is 2.22. The largest absolute Gasteiger partial charge is 0.508 e. The summed E-state index contributed by atoms with van der Waals surface area (Å²) in [6.07, 6.45) is 1.29. The van der Waals surface area contributed by atoms with Crippen molar-refractivity contribution in [2.24, 2.45) is 0 Å². The van der Waals surface area contributed by atoms with E-state index >= 15 is 0 Å². The molecule has 0 aromatic heterocycles. The van der Waals surface area contributed by atoms with Crippen LogP contribution in [0.5, 0.6) is 23.0 Å². The molecule has 1 N–H and O–H groups in total. The van der Waals surface area contributed by atoms with Crippen molar-refractivity contribution in [2.45, 2.75) is 31.6 Å². The molecular weight excluding hydrogens is 416 g/mol. The Kier molecular flexibility index (Phi) is 7.07. The third kappa shape index (κ3) is 5.92. The predicted molar refractivity (Wildman–Crippen MR) is 119 cm³/mol. The summed E-state index contributed by atoms with van der Waals surface area (Å²) < 4.78 is 42.3. The van der Waals surface area contributed by atoms with Gasteiger partial charge in [0.2, 0.25) is 0 Å². The van der Waals surface area contributed by atoms with Crippen LogP contribution in [-0.2, 0) is 23.0 Å². The molecule has 6 nitrogen and oxygen atoms in total. The number of phenols is 1. The van der Waals surface area contributed by atoms with Crippen LogP contribution in [0, 0.1) is 6.92 Å². The Morgan fingerprint density at radius 3 is 2.42 bits per heavy atom. The van der Waals surface area contributed by atoms with Crippen molar-refractivity contribution >= 4 is 10.1 Å². The molecule has 0 fully saturated rings. The van der Waals surface area contributed by atoms with Gasteiger partial charge in [-0.3, -0.25) is 0 Å². The molecule has 0 unspecified atom stereocenters. The van der Waals surface area contributed by atoms with E-state index in [1.165, 1.54) is 13.2 Å². The SMILES string of the molecule is CCc1cc(OCCc2cccc(O)c2)cc(OS(=O)(=O)c2cc(C)ccc2OC)c1. The summed E-state index contributed by atoms with van der Waals surface area (Å²) in [6.45, 7) is 4.14. The van der Waals surface area contributed by atoms with Crippen molar-refractivity contribution in [1.82, 2.24) is 0 Å². The van der Waals surface area contributed by atoms with Gasteiger partial charge in [-0.1, -0.05) is 25.1 Å². The molecule has 0 radical (unpaired) electrons. The van der Waals surface area contributed by atoms with Crippen LogP contribution < -0.4 is 13.7 Å². The fourth-order valence-electron chi connectivity index (χ4n) is 3.12. The van der Waals surface area contributed by atoms with E-state index in [-0.39, 0.29) is 22.1 Å². The number of ether oxygens (including phenoxy) is 2. The van der Waals surface area contributed by atoms with E-state index in [1.54, 1.807) is 49.4 Å². The lowest BCUT2D eigenvalue weighted by Crippen LogP contribution is -2.12. The number of hydrogen-bond acceptors (Lipinski definition) is 6. The molecule has 0 saturated heterocycles. The molecule has 0 bridgehead atoms. The minimum Gasteiger partial charge on any atom is -0.508 e. The first-order valence-corrected chi connectivity index (χ1v) is 11.4. The highest BCUT2D eigenvalue weighted by Crippen LogP contribution is 2.30. The third-order valence-corrected chi connectivity index (χ3v) is 5.98. The molecule has 0 aliphatic heterocycles. The van der Waals surface area contributed by atoms with Crippen LogP contribution in [0.1, 0.15) is 23.6 Å². The van der Waals surface area contributed by atoms with Crippen LogP contribution in [0.4, 0.5) is 0 Å². The summed E-state index contributed by atoms with van der Waals surface area (Å²) in [4.78, 5) is -0.0248. The van der Waals surface area contributed by atoms with Crippen LogP contribution in [-0.4, -0.2) is 27.2 Å². The topological polar surface area (TPSA) is 82.1 Å². The number of hydrogen-bond donors (Lipinski definition) is 1. The minimum absolute atomic E-state index is 0.0248. The van der Waals surface area contributed by atoms with Crippen molar-refractivity contribution in [3.05, 3.63) is 77.4 Å². The molecule has 3 aromatic carbocycles. The molecule has 0 heterocycles. The normalized spacial score (nSPS) is 11.2.